The monoisotopic (exact) mass is 557 g/mol. The minimum Gasteiger partial charge on any atom is -0.324 e. The molecule has 1 heterocycles. The van der Waals surface area contributed by atoms with Crippen molar-refractivity contribution in [1.29, 1.82) is 0 Å². The highest BCUT2D eigenvalue weighted by Gasteiger charge is 2.13. The number of hydrogen-bond acceptors (Lipinski definition) is 10. The minimum absolute atomic E-state index is 0.0941. The van der Waals surface area contributed by atoms with E-state index in [0.717, 1.165) is 6.26 Å². The van der Waals surface area contributed by atoms with E-state index >= 15 is 0 Å². The van der Waals surface area contributed by atoms with Gasteiger partial charge in [-0.25, -0.2) is 18.1 Å². The molecule has 0 saturated heterocycles. The molecule has 3 aromatic rings. The van der Waals surface area contributed by atoms with Gasteiger partial charge < -0.3 is 5.32 Å². The molecular weight excluding hydrogens is 534 g/mol. The molecule has 0 fully saturated rings. The third-order valence-electron chi connectivity index (χ3n) is 4.64. The molecule has 0 aliphatic carbocycles. The molecule has 0 aliphatic heterocycles. The zero-order valence-electron chi connectivity index (χ0n) is 18.9. The average molecular weight is 558 g/mol. The van der Waals surface area contributed by atoms with Crippen LogP contribution in [0, 0.1) is 0 Å². The summed E-state index contributed by atoms with van der Waals surface area (Å²) in [6.07, 6.45) is 1.82. The van der Waals surface area contributed by atoms with Crippen molar-refractivity contribution in [3.8, 4) is 0 Å². The first-order valence-electron chi connectivity index (χ1n) is 10.3. The van der Waals surface area contributed by atoms with Gasteiger partial charge in [-0.3, -0.25) is 9.11 Å². The van der Waals surface area contributed by atoms with Crippen molar-refractivity contribution < 1.29 is 34.4 Å². The Kier molecular flexibility index (Phi) is 8.37. The molecule has 2 aromatic carbocycles. The van der Waals surface area contributed by atoms with E-state index in [2.05, 4.69) is 25.0 Å². The van der Waals surface area contributed by atoms with Crippen LogP contribution < -0.4 is 10.0 Å². The van der Waals surface area contributed by atoms with Crippen molar-refractivity contribution in [2.24, 2.45) is 0 Å². The van der Waals surface area contributed by atoms with E-state index in [1.807, 2.05) is 0 Å². The van der Waals surface area contributed by atoms with Crippen molar-refractivity contribution in [3.63, 3.8) is 0 Å². The maximum absolute atomic E-state index is 11.5. The van der Waals surface area contributed by atoms with Crippen LogP contribution in [0.25, 0.3) is 0 Å². The van der Waals surface area contributed by atoms with E-state index in [-0.39, 0.29) is 34.5 Å². The highest BCUT2D eigenvalue weighted by molar-refractivity contribution is 7.88. The van der Waals surface area contributed by atoms with Crippen LogP contribution in [0.3, 0.4) is 0 Å². The van der Waals surface area contributed by atoms with Crippen LogP contribution >= 0.6 is 0 Å². The zero-order chi connectivity index (χ0) is 26.6. The van der Waals surface area contributed by atoms with Gasteiger partial charge in [-0.2, -0.15) is 26.8 Å². The smallest absolute Gasteiger partial charge is 0.294 e. The molecule has 1 aromatic heterocycles. The number of rotatable bonds is 11. The third-order valence-corrected chi connectivity index (χ3v) is 7.08. The summed E-state index contributed by atoms with van der Waals surface area (Å²) in [5.41, 5.74) is 0.919. The normalized spacial score (nSPS) is 12.4. The van der Waals surface area contributed by atoms with E-state index < -0.39 is 30.3 Å². The number of nitrogens with zero attached hydrogens (tertiary/aromatic N) is 3. The second kappa shape index (κ2) is 10.9. The van der Waals surface area contributed by atoms with Crippen LogP contribution in [0.2, 0.25) is 0 Å². The fourth-order valence-electron chi connectivity index (χ4n) is 3.06. The molecule has 0 atom stereocenters. The number of aryl methyl sites for hydroxylation is 1. The molecule has 16 heteroatoms. The molecular formula is C20H23N5O8S3. The Hall–Kier alpha value is -3.02. The van der Waals surface area contributed by atoms with Crippen molar-refractivity contribution >= 4 is 41.9 Å². The summed E-state index contributed by atoms with van der Waals surface area (Å²) in [5.74, 6) is 0.704. The van der Waals surface area contributed by atoms with Crippen molar-refractivity contribution in [3.05, 3.63) is 65.7 Å². The number of anilines is 2. The van der Waals surface area contributed by atoms with E-state index in [1.54, 1.807) is 6.07 Å². The summed E-state index contributed by atoms with van der Waals surface area (Å²) in [6, 6.07) is 10.8. The van der Waals surface area contributed by atoms with Gasteiger partial charge in [0.25, 0.3) is 20.2 Å². The first-order chi connectivity index (χ1) is 16.7. The van der Waals surface area contributed by atoms with Crippen LogP contribution in [0.1, 0.15) is 23.6 Å². The van der Waals surface area contributed by atoms with Gasteiger partial charge in [0.2, 0.25) is 16.0 Å². The van der Waals surface area contributed by atoms with Gasteiger partial charge in [0.1, 0.15) is 11.6 Å². The van der Waals surface area contributed by atoms with E-state index in [1.165, 1.54) is 42.5 Å². The molecule has 0 saturated carbocycles. The van der Waals surface area contributed by atoms with Crippen LogP contribution in [-0.2, 0) is 43.1 Å². The van der Waals surface area contributed by atoms with Gasteiger partial charge in [0, 0.05) is 25.1 Å². The zero-order valence-corrected chi connectivity index (χ0v) is 21.3. The lowest BCUT2D eigenvalue weighted by atomic mass is 10.1. The second-order valence-corrected chi connectivity index (χ2v) is 12.4. The molecule has 3 rings (SSSR count). The van der Waals surface area contributed by atoms with Gasteiger partial charge in [0.15, 0.2) is 0 Å². The summed E-state index contributed by atoms with van der Waals surface area (Å²) in [6.45, 7) is 0.163. The summed E-state index contributed by atoms with van der Waals surface area (Å²) in [5, 5.41) is 2.91. The maximum atomic E-state index is 11.5. The number of aromatic nitrogens is 3. The fraction of sp³-hybridized carbons (Fsp3) is 0.250. The predicted octanol–water partition coefficient (Wildman–Crippen LogP) is 1.18. The predicted molar refractivity (Wildman–Crippen MR) is 130 cm³/mol. The number of sulfonamides is 1. The van der Waals surface area contributed by atoms with Gasteiger partial charge in [-0.05, 0) is 48.4 Å². The van der Waals surface area contributed by atoms with E-state index in [0.29, 0.717) is 29.9 Å². The molecule has 4 N–H and O–H groups in total. The van der Waals surface area contributed by atoms with Crippen LogP contribution in [0.15, 0.2) is 58.3 Å². The summed E-state index contributed by atoms with van der Waals surface area (Å²) in [4.78, 5) is 12.5. The highest BCUT2D eigenvalue weighted by Crippen LogP contribution is 2.19. The number of nitrogens with one attached hydrogen (secondary N) is 2. The van der Waals surface area contributed by atoms with Crippen molar-refractivity contribution in [2.75, 3.05) is 18.1 Å². The summed E-state index contributed by atoms with van der Waals surface area (Å²) >= 11 is 0. The van der Waals surface area contributed by atoms with Crippen LogP contribution in [0.5, 0.6) is 0 Å². The maximum Gasteiger partial charge on any atom is 0.294 e. The van der Waals surface area contributed by atoms with Crippen LogP contribution in [0.4, 0.5) is 11.6 Å². The Morgan fingerprint density at radius 3 is 2.06 bits per heavy atom. The van der Waals surface area contributed by atoms with Gasteiger partial charge in [-0.15, -0.1) is 0 Å². The minimum atomic E-state index is -4.40. The highest BCUT2D eigenvalue weighted by atomic mass is 32.2. The first-order valence-corrected chi connectivity index (χ1v) is 15.1. The van der Waals surface area contributed by atoms with Crippen molar-refractivity contribution in [2.45, 2.75) is 29.1 Å². The topological polar surface area (TPSA) is 206 Å². The summed E-state index contributed by atoms with van der Waals surface area (Å²) in [7, 11) is -12.1. The molecule has 13 nitrogen and oxygen atoms in total. The Balaban J connectivity index is 1.87. The lowest BCUT2D eigenvalue weighted by Gasteiger charge is -2.10. The summed E-state index contributed by atoms with van der Waals surface area (Å²) < 4.78 is 88.7. The van der Waals surface area contributed by atoms with Gasteiger partial charge >= 0.3 is 0 Å². The second-order valence-electron chi connectivity index (χ2n) is 7.69. The van der Waals surface area contributed by atoms with E-state index in [9.17, 15) is 29.8 Å². The molecule has 0 bridgehead atoms. The number of hydrogen-bond donors (Lipinski definition) is 4. The van der Waals surface area contributed by atoms with Gasteiger partial charge in [0.05, 0.1) is 16.0 Å². The molecule has 0 unspecified atom stereocenters. The number of benzene rings is 2. The van der Waals surface area contributed by atoms with Gasteiger partial charge in [-0.1, -0.05) is 12.1 Å². The molecule has 194 valence electrons. The SMILES string of the molecule is CS(=O)(=O)NCCCc1nc(Cc2cccc(S(=O)(=O)O)c2)nc(Nc2ccc(S(=O)(=O)O)cc2)n1. The van der Waals surface area contributed by atoms with E-state index in [4.69, 9.17) is 4.55 Å². The Morgan fingerprint density at radius 2 is 1.44 bits per heavy atom. The lowest BCUT2D eigenvalue weighted by Crippen LogP contribution is -2.23. The largest absolute Gasteiger partial charge is 0.324 e. The fourth-order valence-corrected chi connectivity index (χ4v) is 4.60. The average Bonchev–Trinajstić information content (AvgIpc) is 2.75. The first kappa shape index (κ1) is 27.6. The standard InChI is InChI=1S/C20H23N5O8S3/c1-34(26,27)21-11-3-6-18-23-19(13-14-4-2-5-17(12-14)36(31,32)33)25-20(24-18)22-15-7-9-16(10-8-15)35(28,29)30/h2,4-5,7-10,12,21H,3,6,11,13H2,1H3,(H,28,29,30)(H,31,32,33)(H,22,23,24,25). The molecule has 0 spiro atoms. The van der Waals surface area contributed by atoms with Crippen LogP contribution in [-0.4, -0.2) is 62.1 Å². The Labute approximate surface area is 208 Å². The molecule has 0 amide bonds. The lowest BCUT2D eigenvalue weighted by molar-refractivity contribution is 0.481. The Morgan fingerprint density at radius 1 is 0.806 bits per heavy atom. The quantitative estimate of drug-likeness (QED) is 0.194. The molecule has 36 heavy (non-hydrogen) atoms. The molecule has 0 aliphatic rings. The van der Waals surface area contributed by atoms with Crippen molar-refractivity contribution in [1.82, 2.24) is 19.7 Å². The Bertz CT molecular complexity index is 1560. The third kappa shape index (κ3) is 8.58. The molecule has 0 radical (unpaired) electrons.